The molecule has 9 heavy (non-hydrogen) atoms. The van der Waals surface area contributed by atoms with Crippen LogP contribution in [0.3, 0.4) is 0 Å². The van der Waals surface area contributed by atoms with E-state index in [4.69, 9.17) is 10.0 Å². The molecule has 0 amide bonds. The van der Waals surface area contributed by atoms with E-state index in [9.17, 15) is 0 Å². The van der Waals surface area contributed by atoms with Gasteiger partial charge in [-0.25, -0.2) is 0 Å². The van der Waals surface area contributed by atoms with Gasteiger partial charge in [0.15, 0.2) is 0 Å². The van der Waals surface area contributed by atoms with E-state index in [1.807, 2.05) is 0 Å². The van der Waals surface area contributed by atoms with Crippen LogP contribution in [0, 0.1) is 5.92 Å². The first-order valence-electron chi connectivity index (χ1n) is 3.56. The summed E-state index contributed by atoms with van der Waals surface area (Å²) in [7, 11) is -1.07. The van der Waals surface area contributed by atoms with E-state index in [1.165, 1.54) is 0 Å². The van der Waals surface area contributed by atoms with Gasteiger partial charge in [0.05, 0.1) is 0 Å². The Morgan fingerprint density at radius 1 is 1.33 bits per heavy atom. The third-order valence-corrected chi connectivity index (χ3v) is 2.16. The van der Waals surface area contributed by atoms with Crippen LogP contribution in [0.5, 0.6) is 0 Å². The Morgan fingerprint density at radius 2 is 2.00 bits per heavy atom. The summed E-state index contributed by atoms with van der Waals surface area (Å²) in [5, 5.41) is 17.5. The molecule has 2 N–H and O–H groups in total. The SMILES string of the molecule is CC1CCC(B(O)O)C1. The molecule has 0 aromatic rings. The molecule has 3 heteroatoms. The smallest absolute Gasteiger partial charge is 0.427 e. The van der Waals surface area contributed by atoms with Gasteiger partial charge in [-0.05, 0) is 18.2 Å². The predicted molar refractivity (Wildman–Crippen MR) is 37.0 cm³/mol. The van der Waals surface area contributed by atoms with Gasteiger partial charge in [-0.2, -0.15) is 0 Å². The fourth-order valence-electron chi connectivity index (χ4n) is 1.52. The van der Waals surface area contributed by atoms with Gasteiger partial charge in [-0.15, -0.1) is 0 Å². The lowest BCUT2D eigenvalue weighted by Crippen LogP contribution is -2.17. The van der Waals surface area contributed by atoms with Crippen LogP contribution in [0.4, 0.5) is 0 Å². The quantitative estimate of drug-likeness (QED) is 0.509. The third kappa shape index (κ3) is 1.70. The first-order valence-corrected chi connectivity index (χ1v) is 3.56. The lowest BCUT2D eigenvalue weighted by atomic mass is 9.71. The fraction of sp³-hybridized carbons (Fsp3) is 1.00. The van der Waals surface area contributed by atoms with Crippen molar-refractivity contribution in [1.29, 1.82) is 0 Å². The van der Waals surface area contributed by atoms with Crippen molar-refractivity contribution in [3.8, 4) is 0 Å². The van der Waals surface area contributed by atoms with Crippen LogP contribution in [0.1, 0.15) is 26.2 Å². The lowest BCUT2D eigenvalue weighted by Gasteiger charge is -2.05. The topological polar surface area (TPSA) is 40.5 Å². The minimum absolute atomic E-state index is 0.153. The van der Waals surface area contributed by atoms with Crippen molar-refractivity contribution in [3.63, 3.8) is 0 Å². The number of hydrogen-bond acceptors (Lipinski definition) is 2. The van der Waals surface area contributed by atoms with Gasteiger partial charge in [-0.1, -0.05) is 19.8 Å². The second kappa shape index (κ2) is 2.71. The van der Waals surface area contributed by atoms with Crippen LogP contribution in [0.25, 0.3) is 0 Å². The predicted octanol–water partition coefficient (Wildman–Crippen LogP) is 0.649. The zero-order valence-electron chi connectivity index (χ0n) is 5.75. The first-order chi connectivity index (χ1) is 4.20. The Kier molecular flexibility index (Phi) is 2.14. The largest absolute Gasteiger partial charge is 0.454 e. The molecule has 0 aliphatic heterocycles. The number of rotatable bonds is 1. The summed E-state index contributed by atoms with van der Waals surface area (Å²) >= 11 is 0. The maximum absolute atomic E-state index is 8.73. The van der Waals surface area contributed by atoms with Crippen molar-refractivity contribution in [2.45, 2.75) is 32.0 Å². The van der Waals surface area contributed by atoms with Crippen LogP contribution in [0.2, 0.25) is 5.82 Å². The molecular weight excluding hydrogens is 115 g/mol. The van der Waals surface area contributed by atoms with Crippen molar-refractivity contribution >= 4 is 7.12 Å². The molecule has 2 unspecified atom stereocenters. The van der Waals surface area contributed by atoms with E-state index in [2.05, 4.69) is 6.92 Å². The van der Waals surface area contributed by atoms with Gasteiger partial charge < -0.3 is 10.0 Å². The van der Waals surface area contributed by atoms with Crippen LogP contribution < -0.4 is 0 Å². The van der Waals surface area contributed by atoms with E-state index >= 15 is 0 Å². The van der Waals surface area contributed by atoms with Crippen molar-refractivity contribution in [3.05, 3.63) is 0 Å². The molecule has 0 bridgehead atoms. The van der Waals surface area contributed by atoms with Gasteiger partial charge >= 0.3 is 7.12 Å². The van der Waals surface area contributed by atoms with Crippen molar-refractivity contribution in [1.82, 2.24) is 0 Å². The van der Waals surface area contributed by atoms with Gasteiger partial charge in [0.1, 0.15) is 0 Å². The first kappa shape index (κ1) is 7.10. The van der Waals surface area contributed by atoms with E-state index in [-0.39, 0.29) is 5.82 Å². The van der Waals surface area contributed by atoms with Crippen LogP contribution in [-0.4, -0.2) is 17.2 Å². The average molecular weight is 128 g/mol. The summed E-state index contributed by atoms with van der Waals surface area (Å²) < 4.78 is 0. The van der Waals surface area contributed by atoms with E-state index in [0.29, 0.717) is 5.92 Å². The lowest BCUT2D eigenvalue weighted by molar-refractivity contribution is 0.382. The highest BCUT2D eigenvalue weighted by atomic mass is 16.4. The summed E-state index contributed by atoms with van der Waals surface area (Å²) in [6.45, 7) is 2.16. The van der Waals surface area contributed by atoms with Crippen LogP contribution >= 0.6 is 0 Å². The zero-order chi connectivity index (χ0) is 6.85. The zero-order valence-corrected chi connectivity index (χ0v) is 5.75. The van der Waals surface area contributed by atoms with Gasteiger partial charge in [0, 0.05) is 0 Å². The van der Waals surface area contributed by atoms with Crippen LogP contribution in [-0.2, 0) is 0 Å². The normalized spacial score (nSPS) is 35.0. The third-order valence-electron chi connectivity index (χ3n) is 2.16. The molecule has 0 spiro atoms. The molecule has 1 aliphatic rings. The number of hydrogen-bond donors (Lipinski definition) is 2. The summed E-state index contributed by atoms with van der Waals surface area (Å²) in [6, 6.07) is 0. The second-order valence-electron chi connectivity index (χ2n) is 3.09. The standard InChI is InChI=1S/C6H13BO2/c1-5-2-3-6(4-5)7(8)9/h5-6,8-9H,2-4H2,1H3. The fourth-order valence-corrected chi connectivity index (χ4v) is 1.52. The van der Waals surface area contributed by atoms with E-state index < -0.39 is 7.12 Å². The molecule has 0 radical (unpaired) electrons. The molecule has 0 aromatic carbocycles. The molecule has 0 saturated heterocycles. The molecule has 1 fully saturated rings. The highest BCUT2D eigenvalue weighted by molar-refractivity contribution is 6.43. The van der Waals surface area contributed by atoms with Gasteiger partial charge in [0.25, 0.3) is 0 Å². The van der Waals surface area contributed by atoms with Crippen molar-refractivity contribution < 1.29 is 10.0 Å². The maximum atomic E-state index is 8.73. The van der Waals surface area contributed by atoms with E-state index in [0.717, 1.165) is 19.3 Å². The Morgan fingerprint density at radius 3 is 2.22 bits per heavy atom. The van der Waals surface area contributed by atoms with Crippen LogP contribution in [0.15, 0.2) is 0 Å². The molecule has 0 heterocycles. The summed E-state index contributed by atoms with van der Waals surface area (Å²) in [5.41, 5.74) is 0. The highest BCUT2D eigenvalue weighted by Gasteiger charge is 2.30. The minimum atomic E-state index is -1.07. The molecule has 0 aromatic heterocycles. The molecule has 2 atom stereocenters. The Bertz CT molecular complexity index is 95.1. The summed E-state index contributed by atoms with van der Waals surface area (Å²) in [6.07, 6.45) is 3.12. The van der Waals surface area contributed by atoms with Crippen molar-refractivity contribution in [2.75, 3.05) is 0 Å². The summed E-state index contributed by atoms with van der Waals surface area (Å²) in [4.78, 5) is 0. The molecule has 1 aliphatic carbocycles. The Hall–Kier alpha value is -0.0151. The molecule has 1 saturated carbocycles. The molecule has 1 rings (SSSR count). The maximum Gasteiger partial charge on any atom is 0.454 e. The van der Waals surface area contributed by atoms with Gasteiger partial charge in [0.2, 0.25) is 0 Å². The van der Waals surface area contributed by atoms with Crippen molar-refractivity contribution in [2.24, 2.45) is 5.92 Å². The minimum Gasteiger partial charge on any atom is -0.427 e. The molecule has 2 nitrogen and oxygen atoms in total. The molecule has 52 valence electrons. The van der Waals surface area contributed by atoms with E-state index in [1.54, 1.807) is 0 Å². The second-order valence-corrected chi connectivity index (χ2v) is 3.09. The molecular formula is C6H13BO2. The monoisotopic (exact) mass is 128 g/mol. The Labute approximate surface area is 56.0 Å². The average Bonchev–Trinajstić information content (AvgIpc) is 2.14. The Balaban J connectivity index is 2.30. The summed E-state index contributed by atoms with van der Waals surface area (Å²) in [5.74, 6) is 0.844. The highest BCUT2D eigenvalue weighted by Crippen LogP contribution is 2.35. The van der Waals surface area contributed by atoms with Gasteiger partial charge in [-0.3, -0.25) is 0 Å².